The van der Waals surface area contributed by atoms with Crippen molar-refractivity contribution in [2.24, 2.45) is 0 Å². The molecule has 0 aliphatic carbocycles. The number of aliphatic hydroxyl groups excluding tert-OH is 1. The zero-order valence-corrected chi connectivity index (χ0v) is 13.9. The molecule has 2 aromatic rings. The van der Waals surface area contributed by atoms with Crippen LogP contribution in [-0.2, 0) is 12.8 Å². The number of ether oxygens (including phenoxy) is 1. The third kappa shape index (κ3) is 2.65. The average Bonchev–Trinajstić information content (AvgIpc) is 2.90. The van der Waals surface area contributed by atoms with Gasteiger partial charge in [0.15, 0.2) is 0 Å². The Morgan fingerprint density at radius 1 is 1.40 bits per heavy atom. The summed E-state index contributed by atoms with van der Waals surface area (Å²) in [5.74, 6) is 0.873. The number of aliphatic hydroxyl groups is 1. The van der Waals surface area contributed by atoms with E-state index in [1.165, 1.54) is 5.56 Å². The van der Waals surface area contributed by atoms with E-state index < -0.39 is 6.10 Å². The quantitative estimate of drug-likeness (QED) is 0.880. The number of halogens is 1. The van der Waals surface area contributed by atoms with Crippen LogP contribution in [0.1, 0.15) is 36.0 Å². The highest BCUT2D eigenvalue weighted by molar-refractivity contribution is 9.10. The van der Waals surface area contributed by atoms with Gasteiger partial charge in [-0.25, -0.2) is 0 Å². The van der Waals surface area contributed by atoms with Gasteiger partial charge in [-0.1, -0.05) is 18.2 Å². The zero-order chi connectivity index (χ0) is 14.3. The smallest absolute Gasteiger partial charge is 0.129 e. The van der Waals surface area contributed by atoms with E-state index in [0.29, 0.717) is 6.42 Å². The molecule has 0 saturated heterocycles. The molecule has 3 rings (SSSR count). The van der Waals surface area contributed by atoms with Gasteiger partial charge in [-0.15, -0.1) is 11.3 Å². The fraction of sp³-hybridized carbons (Fsp3) is 0.375. The van der Waals surface area contributed by atoms with Gasteiger partial charge in [0.25, 0.3) is 0 Å². The Morgan fingerprint density at radius 3 is 2.90 bits per heavy atom. The molecule has 1 aromatic carbocycles. The predicted molar refractivity (Wildman–Crippen MR) is 85.5 cm³/mol. The van der Waals surface area contributed by atoms with Crippen LogP contribution in [0.25, 0.3) is 0 Å². The summed E-state index contributed by atoms with van der Waals surface area (Å²) in [5.41, 5.74) is 1.91. The van der Waals surface area contributed by atoms with Crippen molar-refractivity contribution >= 4 is 27.3 Å². The van der Waals surface area contributed by atoms with Crippen molar-refractivity contribution < 1.29 is 9.84 Å². The van der Waals surface area contributed by atoms with Gasteiger partial charge in [0.1, 0.15) is 11.4 Å². The lowest BCUT2D eigenvalue weighted by Gasteiger charge is -2.19. The lowest BCUT2D eigenvalue weighted by molar-refractivity contribution is 0.126. The Morgan fingerprint density at radius 2 is 2.20 bits per heavy atom. The Kier molecular flexibility index (Phi) is 3.65. The van der Waals surface area contributed by atoms with E-state index in [0.717, 1.165) is 27.1 Å². The van der Waals surface area contributed by atoms with E-state index in [1.54, 1.807) is 11.3 Å². The summed E-state index contributed by atoms with van der Waals surface area (Å²) < 4.78 is 7.09. The van der Waals surface area contributed by atoms with E-state index in [4.69, 9.17) is 4.74 Å². The van der Waals surface area contributed by atoms with Gasteiger partial charge in [-0.3, -0.25) is 0 Å². The third-order valence-corrected chi connectivity index (χ3v) is 5.50. The molecule has 4 heteroatoms. The highest BCUT2D eigenvalue weighted by atomic mass is 79.9. The van der Waals surface area contributed by atoms with E-state index in [9.17, 15) is 5.11 Å². The summed E-state index contributed by atoms with van der Waals surface area (Å²) in [6, 6.07) is 8.07. The second kappa shape index (κ2) is 5.17. The molecule has 106 valence electrons. The van der Waals surface area contributed by atoms with Crippen LogP contribution in [0.5, 0.6) is 5.75 Å². The average molecular weight is 353 g/mol. The molecule has 0 spiro atoms. The second-order valence-corrected chi connectivity index (χ2v) is 7.64. The van der Waals surface area contributed by atoms with Crippen molar-refractivity contribution in [3.05, 3.63) is 50.1 Å². The first-order chi connectivity index (χ1) is 9.46. The van der Waals surface area contributed by atoms with Crippen molar-refractivity contribution in [2.75, 3.05) is 0 Å². The van der Waals surface area contributed by atoms with Crippen molar-refractivity contribution in [3.63, 3.8) is 0 Å². The molecule has 20 heavy (non-hydrogen) atoms. The maximum absolute atomic E-state index is 10.6. The maximum Gasteiger partial charge on any atom is 0.129 e. The van der Waals surface area contributed by atoms with Gasteiger partial charge in [0.05, 0.1) is 6.10 Å². The summed E-state index contributed by atoms with van der Waals surface area (Å²) in [7, 11) is 0. The largest absolute Gasteiger partial charge is 0.487 e. The van der Waals surface area contributed by atoms with Crippen molar-refractivity contribution in [3.8, 4) is 5.75 Å². The Hall–Kier alpha value is -0.840. The van der Waals surface area contributed by atoms with Crippen LogP contribution in [0.2, 0.25) is 0 Å². The highest BCUT2D eigenvalue weighted by Gasteiger charge is 2.33. The van der Waals surface area contributed by atoms with Crippen LogP contribution < -0.4 is 4.74 Å². The van der Waals surface area contributed by atoms with Gasteiger partial charge in [-0.2, -0.15) is 0 Å². The topological polar surface area (TPSA) is 29.5 Å². The number of para-hydroxylation sites is 1. The fourth-order valence-corrected chi connectivity index (χ4v) is 4.21. The van der Waals surface area contributed by atoms with Crippen LogP contribution in [0, 0.1) is 0 Å². The lowest BCUT2D eigenvalue weighted by Crippen LogP contribution is -2.25. The summed E-state index contributed by atoms with van der Waals surface area (Å²) >= 11 is 5.17. The molecule has 1 aromatic heterocycles. The monoisotopic (exact) mass is 352 g/mol. The van der Waals surface area contributed by atoms with Gasteiger partial charge in [0, 0.05) is 27.8 Å². The first-order valence-corrected chi connectivity index (χ1v) is 8.34. The van der Waals surface area contributed by atoms with E-state index in [2.05, 4.69) is 35.8 Å². The molecule has 1 atom stereocenters. The van der Waals surface area contributed by atoms with Crippen LogP contribution in [0.4, 0.5) is 0 Å². The zero-order valence-electron chi connectivity index (χ0n) is 11.5. The number of fused-ring (bicyclic) bond motifs is 1. The first-order valence-electron chi connectivity index (χ1n) is 6.67. The maximum atomic E-state index is 10.6. The Balaban J connectivity index is 1.89. The first kappa shape index (κ1) is 14.1. The summed E-state index contributed by atoms with van der Waals surface area (Å²) in [6.45, 7) is 4.16. The Labute approximate surface area is 131 Å². The molecule has 1 N–H and O–H groups in total. The lowest BCUT2D eigenvalue weighted by atomic mass is 9.98. The molecule has 1 aliphatic rings. The fourth-order valence-electron chi connectivity index (χ4n) is 2.66. The van der Waals surface area contributed by atoms with Crippen molar-refractivity contribution in [2.45, 2.75) is 38.4 Å². The standard InChI is InChI=1S/C16H17BrO2S/c1-16(2)9-10-4-3-5-11(15(10)19-16)13(18)8-14-12(17)6-7-20-14/h3-7,13,18H,8-9H2,1-2H3. The molecule has 0 amide bonds. The number of rotatable bonds is 3. The Bertz CT molecular complexity index is 633. The van der Waals surface area contributed by atoms with Crippen LogP contribution >= 0.6 is 27.3 Å². The van der Waals surface area contributed by atoms with E-state index >= 15 is 0 Å². The molecular formula is C16H17BrO2S. The third-order valence-electron chi connectivity index (χ3n) is 3.55. The van der Waals surface area contributed by atoms with Crippen LogP contribution in [0.15, 0.2) is 34.1 Å². The normalized spacial score (nSPS) is 17.6. The van der Waals surface area contributed by atoms with Gasteiger partial charge in [-0.05, 0) is 46.8 Å². The molecule has 1 unspecified atom stereocenters. The molecule has 0 radical (unpaired) electrons. The number of benzene rings is 1. The summed E-state index contributed by atoms with van der Waals surface area (Å²) in [4.78, 5) is 1.16. The molecule has 0 fully saturated rings. The number of thiophene rings is 1. The molecule has 2 nitrogen and oxygen atoms in total. The van der Waals surface area contributed by atoms with Gasteiger partial charge in [0.2, 0.25) is 0 Å². The summed E-state index contributed by atoms with van der Waals surface area (Å²) in [5, 5.41) is 12.6. The van der Waals surface area contributed by atoms with Gasteiger partial charge < -0.3 is 9.84 Å². The molecule has 2 heterocycles. The number of hydrogen-bond acceptors (Lipinski definition) is 3. The van der Waals surface area contributed by atoms with Crippen molar-refractivity contribution in [1.29, 1.82) is 0 Å². The minimum atomic E-state index is -0.534. The molecule has 1 aliphatic heterocycles. The molecule has 0 saturated carbocycles. The van der Waals surface area contributed by atoms with Crippen LogP contribution in [0.3, 0.4) is 0 Å². The van der Waals surface area contributed by atoms with Crippen molar-refractivity contribution in [1.82, 2.24) is 0 Å². The van der Waals surface area contributed by atoms with E-state index in [-0.39, 0.29) is 5.60 Å². The number of hydrogen-bond donors (Lipinski definition) is 1. The minimum absolute atomic E-state index is 0.179. The molecular weight excluding hydrogens is 336 g/mol. The highest BCUT2D eigenvalue weighted by Crippen LogP contribution is 2.41. The molecule has 0 bridgehead atoms. The SMILES string of the molecule is CC1(C)Cc2cccc(C(O)Cc3sccc3Br)c2O1. The van der Waals surface area contributed by atoms with E-state index in [1.807, 2.05) is 23.6 Å². The van der Waals surface area contributed by atoms with Crippen LogP contribution in [-0.4, -0.2) is 10.7 Å². The summed E-state index contributed by atoms with van der Waals surface area (Å²) in [6.07, 6.45) is 0.971. The van der Waals surface area contributed by atoms with Gasteiger partial charge >= 0.3 is 0 Å². The second-order valence-electron chi connectivity index (χ2n) is 5.79. The predicted octanol–water partition coefficient (Wildman–Crippen LogP) is 4.50. The minimum Gasteiger partial charge on any atom is -0.487 e.